The Morgan fingerprint density at radius 3 is 2.13 bits per heavy atom. The van der Waals surface area contributed by atoms with Crippen LogP contribution in [0.4, 0.5) is 0 Å². The van der Waals surface area contributed by atoms with Crippen LogP contribution < -0.4 is 14.2 Å². The smallest absolute Gasteiger partial charge is 0.325 e. The first-order chi connectivity index (χ1) is 14.4. The predicted octanol–water partition coefficient (Wildman–Crippen LogP) is 3.50. The van der Waals surface area contributed by atoms with Crippen LogP contribution in [-0.4, -0.2) is 51.8 Å². The van der Waals surface area contributed by atoms with Gasteiger partial charge in [0.1, 0.15) is 6.54 Å². The quantitative estimate of drug-likeness (QED) is 0.532. The lowest BCUT2D eigenvalue weighted by Crippen LogP contribution is -2.35. The number of rotatable bonds is 10. The average Bonchev–Trinajstić information content (AvgIpc) is 2.77. The van der Waals surface area contributed by atoms with Crippen LogP contribution in [0.15, 0.2) is 36.4 Å². The third-order valence-corrected chi connectivity index (χ3v) is 4.83. The Hall–Kier alpha value is -2.93. The Kier molecular flexibility index (Phi) is 8.80. The summed E-state index contributed by atoms with van der Waals surface area (Å²) < 4.78 is 20.9. The van der Waals surface area contributed by atoms with Gasteiger partial charge >= 0.3 is 5.97 Å². The Labute approximate surface area is 181 Å². The maximum absolute atomic E-state index is 12.9. The molecule has 162 valence electrons. The highest BCUT2D eigenvalue weighted by Gasteiger charge is 2.21. The molecule has 30 heavy (non-hydrogen) atoms. The van der Waals surface area contributed by atoms with E-state index in [1.807, 2.05) is 18.2 Å². The van der Waals surface area contributed by atoms with Crippen molar-refractivity contribution in [1.29, 1.82) is 0 Å². The molecule has 0 aliphatic rings. The Morgan fingerprint density at radius 2 is 1.57 bits per heavy atom. The normalized spacial score (nSPS) is 10.3. The van der Waals surface area contributed by atoms with Gasteiger partial charge in [0.2, 0.25) is 11.7 Å². The van der Waals surface area contributed by atoms with Gasteiger partial charge in [0, 0.05) is 18.0 Å². The van der Waals surface area contributed by atoms with Crippen LogP contribution in [0.25, 0.3) is 0 Å². The van der Waals surface area contributed by atoms with E-state index in [9.17, 15) is 9.59 Å². The lowest BCUT2D eigenvalue weighted by Gasteiger charge is -2.22. The highest BCUT2D eigenvalue weighted by atomic mass is 35.5. The third-order valence-electron chi connectivity index (χ3n) is 4.58. The number of esters is 1. The molecule has 8 heteroatoms. The minimum Gasteiger partial charge on any atom is -0.493 e. The maximum Gasteiger partial charge on any atom is 0.325 e. The molecule has 1 amide bonds. The van der Waals surface area contributed by atoms with Crippen molar-refractivity contribution in [3.05, 3.63) is 52.5 Å². The lowest BCUT2D eigenvalue weighted by atomic mass is 10.1. The molecule has 0 saturated carbocycles. The van der Waals surface area contributed by atoms with Gasteiger partial charge in [-0.3, -0.25) is 9.59 Å². The molecule has 0 radical (unpaired) electrons. The molecule has 0 spiro atoms. The Morgan fingerprint density at radius 1 is 0.900 bits per heavy atom. The highest BCUT2D eigenvalue weighted by molar-refractivity contribution is 6.30. The number of carbonyl (C=O) groups excluding carboxylic acids is 2. The molecule has 0 fully saturated rings. The van der Waals surface area contributed by atoms with Gasteiger partial charge in [0.15, 0.2) is 11.5 Å². The molecule has 0 aromatic heterocycles. The van der Waals surface area contributed by atoms with Crippen LogP contribution in [0.5, 0.6) is 17.2 Å². The summed E-state index contributed by atoms with van der Waals surface area (Å²) in [6.07, 6.45) is 0.580. The van der Waals surface area contributed by atoms with Crippen LogP contribution in [0.3, 0.4) is 0 Å². The molecule has 0 bridgehead atoms. The van der Waals surface area contributed by atoms with Gasteiger partial charge in [-0.15, -0.1) is 0 Å². The summed E-state index contributed by atoms with van der Waals surface area (Å²) >= 11 is 5.92. The monoisotopic (exact) mass is 435 g/mol. The number of aryl methyl sites for hydroxylation is 1. The zero-order valence-corrected chi connectivity index (χ0v) is 18.3. The van der Waals surface area contributed by atoms with Crippen molar-refractivity contribution >= 4 is 23.5 Å². The molecule has 0 aliphatic heterocycles. The molecule has 2 aromatic rings. The molecule has 0 atom stereocenters. The number of methoxy groups -OCH3 is 4. The van der Waals surface area contributed by atoms with Crippen molar-refractivity contribution in [1.82, 2.24) is 4.90 Å². The molecule has 0 unspecified atom stereocenters. The standard InChI is InChI=1S/C22H26ClNO6/c1-27-18-11-7-16(21(29-3)22(18)30-4)8-12-19(25)24(14-20(26)28-2)13-15-5-9-17(23)10-6-15/h5-7,9-11H,8,12-14H2,1-4H3. The largest absolute Gasteiger partial charge is 0.493 e. The van der Waals surface area contributed by atoms with E-state index >= 15 is 0 Å². The minimum absolute atomic E-state index is 0.138. The predicted molar refractivity (Wildman–Crippen MR) is 113 cm³/mol. The van der Waals surface area contributed by atoms with Crippen LogP contribution in [0.2, 0.25) is 5.02 Å². The number of ether oxygens (including phenoxy) is 4. The van der Waals surface area contributed by atoms with E-state index in [0.29, 0.717) is 28.7 Å². The van der Waals surface area contributed by atoms with Crippen LogP contribution in [0.1, 0.15) is 17.5 Å². The zero-order valence-electron chi connectivity index (χ0n) is 17.6. The molecule has 2 rings (SSSR count). The first-order valence-corrected chi connectivity index (χ1v) is 9.68. The molecule has 2 aromatic carbocycles. The second-order valence-electron chi connectivity index (χ2n) is 6.45. The van der Waals surface area contributed by atoms with E-state index in [0.717, 1.165) is 11.1 Å². The summed E-state index contributed by atoms with van der Waals surface area (Å²) in [7, 11) is 5.90. The lowest BCUT2D eigenvalue weighted by molar-refractivity contribution is -0.147. The summed E-state index contributed by atoms with van der Waals surface area (Å²) in [6, 6.07) is 10.7. The number of halogens is 1. The molecule has 7 nitrogen and oxygen atoms in total. The average molecular weight is 436 g/mol. The SMILES string of the molecule is COC(=O)CN(Cc1ccc(Cl)cc1)C(=O)CCc1ccc(OC)c(OC)c1OC. The summed E-state index contributed by atoms with van der Waals surface area (Å²) in [5, 5.41) is 0.602. The summed E-state index contributed by atoms with van der Waals surface area (Å²) in [5.74, 6) is 0.854. The van der Waals surface area contributed by atoms with Gasteiger partial charge in [0.05, 0.1) is 28.4 Å². The number of hydrogen-bond acceptors (Lipinski definition) is 6. The van der Waals surface area contributed by atoms with E-state index in [-0.39, 0.29) is 25.4 Å². The van der Waals surface area contributed by atoms with Gasteiger partial charge in [-0.2, -0.15) is 0 Å². The number of hydrogen-bond donors (Lipinski definition) is 0. The van der Waals surface area contributed by atoms with Crippen LogP contribution in [-0.2, 0) is 27.3 Å². The topological polar surface area (TPSA) is 74.3 Å². The van der Waals surface area contributed by atoms with Crippen LogP contribution in [0, 0.1) is 0 Å². The number of benzene rings is 2. The first kappa shape index (κ1) is 23.3. The Balaban J connectivity index is 2.17. The summed E-state index contributed by atoms with van der Waals surface area (Å²) in [6.45, 7) is 0.134. The number of carbonyl (C=O) groups is 2. The van der Waals surface area contributed by atoms with E-state index in [1.54, 1.807) is 25.3 Å². The fourth-order valence-corrected chi connectivity index (χ4v) is 3.15. The van der Waals surface area contributed by atoms with E-state index in [4.69, 9.17) is 30.5 Å². The first-order valence-electron chi connectivity index (χ1n) is 9.30. The Bertz CT molecular complexity index is 869. The van der Waals surface area contributed by atoms with Crippen molar-refractivity contribution in [2.45, 2.75) is 19.4 Å². The second kappa shape index (κ2) is 11.3. The van der Waals surface area contributed by atoms with Gasteiger partial charge in [-0.05, 0) is 35.7 Å². The maximum atomic E-state index is 12.9. The van der Waals surface area contributed by atoms with Gasteiger partial charge in [-0.1, -0.05) is 29.8 Å². The number of nitrogens with zero attached hydrogens (tertiary/aromatic N) is 1. The number of amides is 1. The van der Waals surface area contributed by atoms with E-state index in [1.165, 1.54) is 26.2 Å². The minimum atomic E-state index is -0.485. The summed E-state index contributed by atoms with van der Waals surface area (Å²) in [4.78, 5) is 26.2. The van der Waals surface area contributed by atoms with Crippen molar-refractivity contribution in [3.8, 4) is 17.2 Å². The van der Waals surface area contributed by atoms with E-state index < -0.39 is 5.97 Å². The highest BCUT2D eigenvalue weighted by Crippen LogP contribution is 2.40. The fraction of sp³-hybridized carbons (Fsp3) is 0.364. The van der Waals surface area contributed by atoms with Crippen molar-refractivity contribution in [2.75, 3.05) is 35.0 Å². The molecular weight excluding hydrogens is 410 g/mol. The third kappa shape index (κ3) is 6.03. The van der Waals surface area contributed by atoms with Gasteiger partial charge < -0.3 is 23.8 Å². The molecular formula is C22H26ClNO6. The molecule has 0 heterocycles. The van der Waals surface area contributed by atoms with Crippen LogP contribution >= 0.6 is 11.6 Å². The summed E-state index contributed by atoms with van der Waals surface area (Å²) in [5.41, 5.74) is 1.66. The van der Waals surface area contributed by atoms with Gasteiger partial charge in [-0.25, -0.2) is 0 Å². The van der Waals surface area contributed by atoms with Crippen molar-refractivity contribution in [2.24, 2.45) is 0 Å². The molecule has 0 N–H and O–H groups in total. The molecule has 0 saturated heterocycles. The van der Waals surface area contributed by atoms with Gasteiger partial charge in [0.25, 0.3) is 0 Å². The van der Waals surface area contributed by atoms with E-state index in [2.05, 4.69) is 0 Å². The molecule has 0 aliphatic carbocycles. The van der Waals surface area contributed by atoms with Crippen molar-refractivity contribution < 1.29 is 28.5 Å². The zero-order chi connectivity index (χ0) is 22.1. The second-order valence-corrected chi connectivity index (χ2v) is 6.88. The fourth-order valence-electron chi connectivity index (χ4n) is 3.02. The van der Waals surface area contributed by atoms with Crippen molar-refractivity contribution in [3.63, 3.8) is 0 Å².